The molecule has 2 aliphatic heterocycles. The summed E-state index contributed by atoms with van der Waals surface area (Å²) in [6.45, 7) is 2.06. The maximum atomic E-state index is 13.7. The largest absolute Gasteiger partial charge is 0.489 e. The lowest BCUT2D eigenvalue weighted by molar-refractivity contribution is 0.0643. The number of rotatable bonds is 4. The highest BCUT2D eigenvalue weighted by Crippen LogP contribution is 2.49. The summed E-state index contributed by atoms with van der Waals surface area (Å²) in [4.78, 5) is 16.8. The van der Waals surface area contributed by atoms with E-state index in [1.807, 2.05) is 18.2 Å². The van der Waals surface area contributed by atoms with E-state index >= 15 is 0 Å². The Morgan fingerprint density at radius 1 is 1.20 bits per heavy atom. The fraction of sp³-hybridized carbons (Fsp3) is 0.318. The SMILES string of the molecule is NCc1ccc2c(c1)C1(CCNCC1)C(C(=O)c1cc3c(B(O)O)cccc3[nH]1)O2. The number of aromatic nitrogens is 1. The second-order valence-electron chi connectivity index (χ2n) is 8.17. The van der Waals surface area contributed by atoms with E-state index in [9.17, 15) is 14.8 Å². The average molecular weight is 405 g/mol. The maximum absolute atomic E-state index is 13.7. The van der Waals surface area contributed by atoms with Crippen molar-refractivity contribution in [2.75, 3.05) is 13.1 Å². The summed E-state index contributed by atoms with van der Waals surface area (Å²) in [7, 11) is -1.61. The summed E-state index contributed by atoms with van der Waals surface area (Å²) in [5.74, 6) is 0.618. The first-order valence-corrected chi connectivity index (χ1v) is 10.3. The number of carbonyl (C=O) groups excluding carboxylic acids is 1. The Kier molecular flexibility index (Phi) is 4.67. The minimum Gasteiger partial charge on any atom is -0.481 e. The Hall–Kier alpha value is -2.65. The second-order valence-corrected chi connectivity index (χ2v) is 8.17. The summed E-state index contributed by atoms with van der Waals surface area (Å²) in [6, 6.07) is 12.8. The van der Waals surface area contributed by atoms with Gasteiger partial charge in [0.15, 0.2) is 6.10 Å². The van der Waals surface area contributed by atoms with Gasteiger partial charge in [0.1, 0.15) is 5.75 Å². The molecule has 154 valence electrons. The van der Waals surface area contributed by atoms with Crippen molar-refractivity contribution >= 4 is 29.3 Å². The summed E-state index contributed by atoms with van der Waals surface area (Å²) in [5, 5.41) is 23.3. The topological polar surface area (TPSA) is 121 Å². The summed E-state index contributed by atoms with van der Waals surface area (Å²) in [5.41, 5.74) is 9.00. The Bertz CT molecular complexity index is 1120. The molecule has 3 aromatic rings. The first-order chi connectivity index (χ1) is 14.5. The van der Waals surface area contributed by atoms with E-state index in [0.717, 1.165) is 42.8 Å². The number of H-pyrrole nitrogens is 1. The molecule has 30 heavy (non-hydrogen) atoms. The number of aromatic amines is 1. The van der Waals surface area contributed by atoms with Crippen molar-refractivity contribution in [2.24, 2.45) is 5.73 Å². The molecule has 0 aliphatic carbocycles. The van der Waals surface area contributed by atoms with Crippen molar-refractivity contribution in [3.05, 3.63) is 59.3 Å². The second kappa shape index (κ2) is 7.25. The van der Waals surface area contributed by atoms with Crippen LogP contribution in [-0.4, -0.2) is 47.1 Å². The standard InChI is InChI=1S/C22H24BN3O4/c24-12-13-4-5-19-15(10-13)22(6-8-25-9-7-22)21(30-19)20(27)18-11-14-16(23(28)29)2-1-3-17(14)26-18/h1-5,10-11,21,25-26,28-29H,6-9,12,24H2. The molecule has 1 fully saturated rings. The third kappa shape index (κ3) is 2.87. The minimum atomic E-state index is -1.61. The number of nitrogens with one attached hydrogen (secondary N) is 2. The predicted octanol–water partition coefficient (Wildman–Crippen LogP) is 0.571. The molecule has 1 unspecified atom stereocenters. The maximum Gasteiger partial charge on any atom is 0.489 e. The zero-order valence-electron chi connectivity index (χ0n) is 16.5. The molecule has 1 atom stereocenters. The van der Waals surface area contributed by atoms with E-state index in [0.29, 0.717) is 28.6 Å². The molecule has 5 rings (SSSR count). The molecule has 3 heterocycles. The number of piperidine rings is 1. The smallest absolute Gasteiger partial charge is 0.481 e. The van der Waals surface area contributed by atoms with Gasteiger partial charge in [-0.05, 0) is 60.5 Å². The number of ether oxygens (including phenoxy) is 1. The molecular weight excluding hydrogens is 381 g/mol. The Morgan fingerprint density at radius 3 is 2.73 bits per heavy atom. The van der Waals surface area contributed by atoms with Crippen molar-refractivity contribution < 1.29 is 19.6 Å². The third-order valence-electron chi connectivity index (χ3n) is 6.54. The highest BCUT2D eigenvalue weighted by molar-refractivity contribution is 6.62. The zero-order valence-corrected chi connectivity index (χ0v) is 16.5. The molecule has 0 bridgehead atoms. The summed E-state index contributed by atoms with van der Waals surface area (Å²) < 4.78 is 6.25. The van der Waals surface area contributed by atoms with E-state index in [2.05, 4.69) is 16.4 Å². The molecule has 0 amide bonds. The van der Waals surface area contributed by atoms with Gasteiger partial charge in [-0.15, -0.1) is 0 Å². The first-order valence-electron chi connectivity index (χ1n) is 10.3. The Labute approximate surface area is 174 Å². The lowest BCUT2D eigenvalue weighted by atomic mass is 9.68. The van der Waals surface area contributed by atoms with E-state index in [-0.39, 0.29) is 5.78 Å². The van der Waals surface area contributed by atoms with Crippen LogP contribution < -0.4 is 21.3 Å². The molecular formula is C22H24BN3O4. The van der Waals surface area contributed by atoms with Gasteiger partial charge in [-0.1, -0.05) is 24.3 Å². The van der Waals surface area contributed by atoms with Crippen LogP contribution in [0, 0.1) is 0 Å². The van der Waals surface area contributed by atoms with Gasteiger partial charge in [0.05, 0.1) is 5.69 Å². The van der Waals surface area contributed by atoms with Gasteiger partial charge >= 0.3 is 7.12 Å². The van der Waals surface area contributed by atoms with Crippen LogP contribution in [0.25, 0.3) is 10.9 Å². The molecule has 2 aromatic carbocycles. The van der Waals surface area contributed by atoms with Crippen LogP contribution in [0.1, 0.15) is 34.5 Å². The van der Waals surface area contributed by atoms with Crippen LogP contribution in [0.2, 0.25) is 0 Å². The molecule has 8 heteroatoms. The third-order valence-corrected chi connectivity index (χ3v) is 6.54. The fourth-order valence-corrected chi connectivity index (χ4v) is 4.96. The Morgan fingerprint density at radius 2 is 2.00 bits per heavy atom. The van der Waals surface area contributed by atoms with Crippen molar-refractivity contribution in [1.29, 1.82) is 0 Å². The minimum absolute atomic E-state index is 0.128. The van der Waals surface area contributed by atoms with Crippen molar-refractivity contribution in [2.45, 2.75) is 30.9 Å². The van der Waals surface area contributed by atoms with E-state index < -0.39 is 18.6 Å². The number of benzene rings is 2. The molecule has 1 aromatic heterocycles. The number of fused-ring (bicyclic) bond motifs is 3. The zero-order chi connectivity index (χ0) is 20.9. The number of hydrogen-bond donors (Lipinski definition) is 5. The van der Waals surface area contributed by atoms with Crippen LogP contribution in [0.5, 0.6) is 5.75 Å². The monoisotopic (exact) mass is 405 g/mol. The number of ketones is 1. The van der Waals surface area contributed by atoms with E-state index in [1.165, 1.54) is 0 Å². The van der Waals surface area contributed by atoms with Gasteiger partial charge in [0, 0.05) is 23.0 Å². The molecule has 7 nitrogen and oxygen atoms in total. The van der Waals surface area contributed by atoms with Gasteiger partial charge in [-0.25, -0.2) is 0 Å². The highest BCUT2D eigenvalue weighted by atomic mass is 16.5. The van der Waals surface area contributed by atoms with Gasteiger partial charge < -0.3 is 30.8 Å². The summed E-state index contributed by atoms with van der Waals surface area (Å²) in [6.07, 6.45) is 0.953. The molecule has 2 aliphatic rings. The lowest BCUT2D eigenvalue weighted by Gasteiger charge is -2.37. The average Bonchev–Trinajstić information content (AvgIpc) is 3.33. The van der Waals surface area contributed by atoms with Gasteiger partial charge in [-0.3, -0.25) is 4.79 Å². The normalized spacial score (nSPS) is 19.6. The van der Waals surface area contributed by atoms with Gasteiger partial charge in [-0.2, -0.15) is 0 Å². The lowest BCUT2D eigenvalue weighted by Crippen LogP contribution is -2.50. The number of hydrogen-bond acceptors (Lipinski definition) is 6. The van der Waals surface area contributed by atoms with Crippen molar-refractivity contribution in [3.63, 3.8) is 0 Å². The van der Waals surface area contributed by atoms with Crippen LogP contribution in [0.3, 0.4) is 0 Å². The van der Waals surface area contributed by atoms with Crippen LogP contribution in [-0.2, 0) is 12.0 Å². The fourth-order valence-electron chi connectivity index (χ4n) is 4.96. The number of carbonyl (C=O) groups is 1. The molecule has 0 saturated carbocycles. The number of nitrogens with two attached hydrogens (primary N) is 1. The molecule has 0 radical (unpaired) electrons. The van der Waals surface area contributed by atoms with Crippen LogP contribution in [0.4, 0.5) is 0 Å². The quantitative estimate of drug-likeness (QED) is 0.320. The highest BCUT2D eigenvalue weighted by Gasteiger charge is 2.53. The Balaban J connectivity index is 1.58. The molecule has 1 spiro atoms. The van der Waals surface area contributed by atoms with Gasteiger partial charge in [0.2, 0.25) is 5.78 Å². The predicted molar refractivity (Wildman–Crippen MR) is 115 cm³/mol. The van der Waals surface area contributed by atoms with E-state index in [4.69, 9.17) is 10.5 Å². The van der Waals surface area contributed by atoms with Crippen molar-refractivity contribution in [3.8, 4) is 5.75 Å². The molecule has 1 saturated heterocycles. The summed E-state index contributed by atoms with van der Waals surface area (Å²) >= 11 is 0. The molecule has 6 N–H and O–H groups in total. The van der Waals surface area contributed by atoms with E-state index in [1.54, 1.807) is 18.2 Å². The van der Waals surface area contributed by atoms with Gasteiger partial charge in [0.25, 0.3) is 0 Å². The van der Waals surface area contributed by atoms with Crippen molar-refractivity contribution in [1.82, 2.24) is 10.3 Å². The van der Waals surface area contributed by atoms with Crippen LogP contribution >= 0.6 is 0 Å². The first kappa shape index (κ1) is 19.3. The number of Topliss-reactive ketones (excluding diaryl/α,β-unsaturated/α-hetero) is 1. The van der Waals surface area contributed by atoms with Crippen LogP contribution in [0.15, 0.2) is 42.5 Å².